The van der Waals surface area contributed by atoms with Crippen LogP contribution in [0.2, 0.25) is 0 Å². The molecular weight excluding hydrogens is 326 g/mol. The molecule has 3 heteroatoms. The van der Waals surface area contributed by atoms with Crippen molar-refractivity contribution in [2.75, 3.05) is 5.32 Å². The van der Waals surface area contributed by atoms with Crippen LogP contribution in [0.5, 0.6) is 0 Å². The number of rotatable bonds is 2. The minimum absolute atomic E-state index is 0.0370. The Balaban J connectivity index is 1.77. The molecule has 0 spiro atoms. The Morgan fingerprint density at radius 1 is 1.14 bits per heavy atom. The summed E-state index contributed by atoms with van der Waals surface area (Å²) in [5, 5.41) is 3.10. The second kappa shape index (κ2) is 5.64. The van der Waals surface area contributed by atoms with Crippen LogP contribution < -0.4 is 5.32 Å². The van der Waals surface area contributed by atoms with Crippen LogP contribution in [0.25, 0.3) is 0 Å². The number of hydrogen-bond donors (Lipinski definition) is 1. The van der Waals surface area contributed by atoms with Gasteiger partial charge in [-0.3, -0.25) is 4.79 Å². The third kappa shape index (κ3) is 2.88. The van der Waals surface area contributed by atoms with E-state index in [1.54, 1.807) is 0 Å². The monoisotopic (exact) mass is 343 g/mol. The van der Waals surface area contributed by atoms with Gasteiger partial charge in [-0.1, -0.05) is 30.3 Å². The quantitative estimate of drug-likeness (QED) is 0.859. The first-order valence-electron chi connectivity index (χ1n) is 7.19. The average Bonchev–Trinajstić information content (AvgIpc) is 2.86. The lowest BCUT2D eigenvalue weighted by molar-refractivity contribution is -0.119. The van der Waals surface area contributed by atoms with Crippen molar-refractivity contribution < 1.29 is 4.79 Å². The van der Waals surface area contributed by atoms with Gasteiger partial charge in [0.25, 0.3) is 0 Å². The summed E-state index contributed by atoms with van der Waals surface area (Å²) in [5.41, 5.74) is 5.77. The molecule has 0 saturated carbocycles. The zero-order valence-electron chi connectivity index (χ0n) is 12.2. The van der Waals surface area contributed by atoms with Crippen molar-refractivity contribution in [3.63, 3.8) is 0 Å². The van der Waals surface area contributed by atoms with Crippen molar-refractivity contribution in [2.45, 2.75) is 26.7 Å². The predicted octanol–water partition coefficient (Wildman–Crippen LogP) is 4.42. The molecule has 0 bridgehead atoms. The highest BCUT2D eigenvalue weighted by Gasteiger charge is 2.27. The van der Waals surface area contributed by atoms with Crippen molar-refractivity contribution in [2.24, 2.45) is 5.92 Å². The average molecular weight is 344 g/mol. The molecule has 0 heterocycles. The van der Waals surface area contributed by atoms with E-state index in [0.717, 1.165) is 28.6 Å². The molecule has 3 rings (SSSR count). The zero-order chi connectivity index (χ0) is 15.0. The Morgan fingerprint density at radius 2 is 1.76 bits per heavy atom. The van der Waals surface area contributed by atoms with Gasteiger partial charge in [-0.25, -0.2) is 0 Å². The van der Waals surface area contributed by atoms with Crippen molar-refractivity contribution in [1.29, 1.82) is 0 Å². The van der Waals surface area contributed by atoms with Crippen molar-refractivity contribution >= 4 is 27.5 Å². The molecule has 21 heavy (non-hydrogen) atoms. The molecule has 1 amide bonds. The first-order chi connectivity index (χ1) is 10.0. The minimum Gasteiger partial charge on any atom is -0.325 e. The Kier molecular flexibility index (Phi) is 3.85. The third-order valence-corrected chi connectivity index (χ3v) is 4.73. The van der Waals surface area contributed by atoms with E-state index in [1.165, 1.54) is 16.7 Å². The first-order valence-corrected chi connectivity index (χ1v) is 7.98. The summed E-state index contributed by atoms with van der Waals surface area (Å²) in [5.74, 6) is 0.147. The maximum Gasteiger partial charge on any atom is 0.228 e. The summed E-state index contributed by atoms with van der Waals surface area (Å²) in [6, 6.07) is 12.4. The van der Waals surface area contributed by atoms with E-state index in [4.69, 9.17) is 0 Å². The molecule has 1 aliphatic carbocycles. The number of fused-ring (bicyclic) bond motifs is 1. The van der Waals surface area contributed by atoms with Gasteiger partial charge in [0.2, 0.25) is 5.91 Å². The largest absolute Gasteiger partial charge is 0.325 e. The molecule has 1 N–H and O–H groups in total. The van der Waals surface area contributed by atoms with E-state index in [2.05, 4.69) is 46.4 Å². The van der Waals surface area contributed by atoms with Crippen LogP contribution >= 0.6 is 15.9 Å². The SMILES string of the molecule is Cc1cc(C)c(NC(=O)C2Cc3ccccc3C2)c(Br)c1. The highest BCUT2D eigenvalue weighted by Crippen LogP contribution is 2.31. The normalized spacial score (nSPS) is 14.0. The molecule has 0 aromatic heterocycles. The minimum atomic E-state index is 0.0370. The first kappa shape index (κ1) is 14.3. The lowest BCUT2D eigenvalue weighted by Crippen LogP contribution is -2.23. The molecule has 108 valence electrons. The number of aryl methyl sites for hydroxylation is 2. The highest BCUT2D eigenvalue weighted by atomic mass is 79.9. The van der Waals surface area contributed by atoms with Gasteiger partial charge >= 0.3 is 0 Å². The summed E-state index contributed by atoms with van der Waals surface area (Å²) < 4.78 is 0.948. The second-order valence-corrected chi connectivity index (χ2v) is 6.66. The number of carbonyl (C=O) groups is 1. The number of anilines is 1. The van der Waals surface area contributed by atoms with Gasteiger partial charge in [0.1, 0.15) is 0 Å². The third-order valence-electron chi connectivity index (χ3n) is 4.10. The lowest BCUT2D eigenvalue weighted by atomic mass is 10.0. The maximum absolute atomic E-state index is 12.5. The summed E-state index contributed by atoms with van der Waals surface area (Å²) in [7, 11) is 0. The topological polar surface area (TPSA) is 29.1 Å². The Morgan fingerprint density at radius 3 is 2.33 bits per heavy atom. The van der Waals surface area contributed by atoms with Crippen LogP contribution in [0.4, 0.5) is 5.69 Å². The fourth-order valence-corrected chi connectivity index (χ4v) is 3.82. The van der Waals surface area contributed by atoms with Crippen molar-refractivity contribution in [3.05, 3.63) is 63.1 Å². The Labute approximate surface area is 133 Å². The summed E-state index contributed by atoms with van der Waals surface area (Å²) in [6.45, 7) is 4.08. The van der Waals surface area contributed by atoms with Crippen LogP contribution in [-0.4, -0.2) is 5.91 Å². The Hall–Kier alpha value is -1.61. The second-order valence-electron chi connectivity index (χ2n) is 5.80. The summed E-state index contributed by atoms with van der Waals surface area (Å²) >= 11 is 3.55. The molecule has 0 radical (unpaired) electrons. The molecule has 2 aromatic carbocycles. The molecule has 2 nitrogen and oxygen atoms in total. The highest BCUT2D eigenvalue weighted by molar-refractivity contribution is 9.10. The van der Waals surface area contributed by atoms with E-state index >= 15 is 0 Å². The molecule has 1 aliphatic rings. The van der Waals surface area contributed by atoms with Gasteiger partial charge < -0.3 is 5.32 Å². The smallest absolute Gasteiger partial charge is 0.228 e. The number of hydrogen-bond acceptors (Lipinski definition) is 1. The molecule has 0 atom stereocenters. The molecule has 0 saturated heterocycles. The molecular formula is C18H18BrNO. The number of amides is 1. The number of halogens is 1. The van der Waals surface area contributed by atoms with Crippen LogP contribution in [-0.2, 0) is 17.6 Å². The zero-order valence-corrected chi connectivity index (χ0v) is 13.8. The van der Waals surface area contributed by atoms with Gasteiger partial charge in [0.05, 0.1) is 5.69 Å². The lowest BCUT2D eigenvalue weighted by Gasteiger charge is -2.15. The van der Waals surface area contributed by atoms with E-state index in [-0.39, 0.29) is 11.8 Å². The van der Waals surface area contributed by atoms with E-state index in [1.807, 2.05) is 25.1 Å². The predicted molar refractivity (Wildman–Crippen MR) is 89.6 cm³/mol. The van der Waals surface area contributed by atoms with Crippen LogP contribution in [0.3, 0.4) is 0 Å². The maximum atomic E-state index is 12.5. The van der Waals surface area contributed by atoms with Crippen LogP contribution in [0, 0.1) is 19.8 Å². The molecule has 0 unspecified atom stereocenters. The van der Waals surface area contributed by atoms with Gasteiger partial charge in [0.15, 0.2) is 0 Å². The number of benzene rings is 2. The van der Waals surface area contributed by atoms with Gasteiger partial charge in [-0.2, -0.15) is 0 Å². The van der Waals surface area contributed by atoms with Crippen molar-refractivity contribution in [3.8, 4) is 0 Å². The van der Waals surface area contributed by atoms with E-state index < -0.39 is 0 Å². The van der Waals surface area contributed by atoms with E-state index in [9.17, 15) is 4.79 Å². The van der Waals surface area contributed by atoms with Gasteiger partial charge in [-0.05, 0) is 70.9 Å². The summed E-state index contributed by atoms with van der Waals surface area (Å²) in [4.78, 5) is 12.5. The number of nitrogens with one attached hydrogen (secondary N) is 1. The van der Waals surface area contributed by atoms with Gasteiger partial charge in [0, 0.05) is 10.4 Å². The van der Waals surface area contributed by atoms with Crippen LogP contribution in [0.15, 0.2) is 40.9 Å². The van der Waals surface area contributed by atoms with E-state index in [0.29, 0.717) is 0 Å². The standard InChI is InChI=1S/C18H18BrNO/c1-11-7-12(2)17(16(19)8-11)20-18(21)15-9-13-5-3-4-6-14(13)10-15/h3-8,15H,9-10H2,1-2H3,(H,20,21). The number of carbonyl (C=O) groups excluding carboxylic acids is 1. The fourth-order valence-electron chi connectivity index (χ4n) is 3.04. The molecule has 2 aromatic rings. The molecule has 0 aliphatic heterocycles. The summed E-state index contributed by atoms with van der Waals surface area (Å²) in [6.07, 6.45) is 1.68. The Bertz CT molecular complexity index is 660. The van der Waals surface area contributed by atoms with Crippen molar-refractivity contribution in [1.82, 2.24) is 0 Å². The van der Waals surface area contributed by atoms with Gasteiger partial charge in [-0.15, -0.1) is 0 Å². The fraction of sp³-hybridized carbons (Fsp3) is 0.278. The van der Waals surface area contributed by atoms with Crippen LogP contribution in [0.1, 0.15) is 22.3 Å². The molecule has 0 fully saturated rings.